The first-order chi connectivity index (χ1) is 9.58. The Bertz CT molecular complexity index is 597. The van der Waals surface area contributed by atoms with Gasteiger partial charge in [0.15, 0.2) is 5.58 Å². The van der Waals surface area contributed by atoms with Crippen LogP contribution in [0.4, 0.5) is 0 Å². The molecule has 20 heavy (non-hydrogen) atoms. The van der Waals surface area contributed by atoms with Gasteiger partial charge in [0, 0.05) is 9.86 Å². The van der Waals surface area contributed by atoms with Crippen LogP contribution in [0.3, 0.4) is 0 Å². The minimum atomic E-state index is 0.207. The molecule has 1 unspecified atom stereocenters. The maximum atomic E-state index is 6.31. The molecule has 1 aromatic heterocycles. The summed E-state index contributed by atoms with van der Waals surface area (Å²) in [5.74, 6) is 0.900. The fraction of sp³-hybridized carbons (Fsp3) is 0.467. The number of hydrogen-bond acceptors (Lipinski definition) is 2. The first kappa shape index (κ1) is 16.2. The third kappa shape index (κ3) is 3.33. The highest BCUT2D eigenvalue weighted by Gasteiger charge is 2.19. The van der Waals surface area contributed by atoms with E-state index in [1.807, 2.05) is 6.07 Å². The molecular formula is C15H18BrCl2NO. The minimum absolute atomic E-state index is 0.207. The number of benzene rings is 1. The number of halogens is 3. The summed E-state index contributed by atoms with van der Waals surface area (Å²) in [4.78, 5) is 0. The van der Waals surface area contributed by atoms with E-state index >= 15 is 0 Å². The second-order valence-corrected chi connectivity index (χ2v) is 6.48. The molecule has 1 N–H and O–H groups in total. The fourth-order valence-electron chi connectivity index (χ4n) is 2.24. The van der Waals surface area contributed by atoms with Gasteiger partial charge in [0.1, 0.15) is 5.76 Å². The van der Waals surface area contributed by atoms with Crippen molar-refractivity contribution < 1.29 is 4.42 Å². The van der Waals surface area contributed by atoms with Crippen LogP contribution < -0.4 is 5.32 Å². The van der Waals surface area contributed by atoms with Crippen molar-refractivity contribution in [3.63, 3.8) is 0 Å². The van der Waals surface area contributed by atoms with Gasteiger partial charge in [-0.15, -0.1) is 0 Å². The zero-order chi connectivity index (χ0) is 14.7. The van der Waals surface area contributed by atoms with E-state index in [-0.39, 0.29) is 6.04 Å². The van der Waals surface area contributed by atoms with E-state index < -0.39 is 0 Å². The Morgan fingerprint density at radius 2 is 2.00 bits per heavy atom. The number of furan rings is 1. The molecule has 5 heteroatoms. The average Bonchev–Trinajstić information content (AvgIpc) is 2.86. The second-order valence-electron chi connectivity index (χ2n) is 4.84. The second kappa shape index (κ2) is 7.17. The topological polar surface area (TPSA) is 25.2 Å². The van der Waals surface area contributed by atoms with Crippen LogP contribution in [0.5, 0.6) is 0 Å². The monoisotopic (exact) mass is 377 g/mol. The predicted molar refractivity (Wildman–Crippen MR) is 89.9 cm³/mol. The lowest BCUT2D eigenvalue weighted by molar-refractivity contribution is 0.408. The zero-order valence-electron chi connectivity index (χ0n) is 11.6. The van der Waals surface area contributed by atoms with Crippen molar-refractivity contribution >= 4 is 50.1 Å². The van der Waals surface area contributed by atoms with E-state index in [0.29, 0.717) is 15.6 Å². The van der Waals surface area contributed by atoms with Gasteiger partial charge in [-0.2, -0.15) is 0 Å². The lowest BCUT2D eigenvalue weighted by Gasteiger charge is -2.14. The largest absolute Gasteiger partial charge is 0.458 e. The minimum Gasteiger partial charge on any atom is -0.458 e. The predicted octanol–water partition coefficient (Wildman–Crippen LogP) is 6.34. The lowest BCUT2D eigenvalue weighted by atomic mass is 10.1. The SMILES string of the molecule is CCCNC(CCC)c1cc2c(Cl)c(Br)cc(Cl)c2o1. The molecule has 0 aliphatic heterocycles. The highest BCUT2D eigenvalue weighted by molar-refractivity contribution is 9.10. The summed E-state index contributed by atoms with van der Waals surface area (Å²) in [6.07, 6.45) is 3.20. The maximum Gasteiger partial charge on any atom is 0.154 e. The van der Waals surface area contributed by atoms with Gasteiger partial charge in [-0.1, -0.05) is 43.5 Å². The zero-order valence-corrected chi connectivity index (χ0v) is 14.7. The van der Waals surface area contributed by atoms with Gasteiger partial charge in [-0.05, 0) is 47.4 Å². The van der Waals surface area contributed by atoms with Gasteiger partial charge in [0.25, 0.3) is 0 Å². The summed E-state index contributed by atoms with van der Waals surface area (Å²) in [6, 6.07) is 3.98. The van der Waals surface area contributed by atoms with E-state index in [1.54, 1.807) is 6.07 Å². The first-order valence-corrected chi connectivity index (χ1v) is 8.43. The quantitative estimate of drug-likeness (QED) is 0.593. The summed E-state index contributed by atoms with van der Waals surface area (Å²) in [7, 11) is 0. The summed E-state index contributed by atoms with van der Waals surface area (Å²) in [6.45, 7) is 5.28. The molecule has 0 saturated heterocycles. The number of nitrogens with one attached hydrogen (secondary N) is 1. The summed E-state index contributed by atoms with van der Waals surface area (Å²) < 4.78 is 6.74. The van der Waals surface area contributed by atoms with Crippen molar-refractivity contribution in [3.05, 3.63) is 32.4 Å². The van der Waals surface area contributed by atoms with E-state index in [9.17, 15) is 0 Å². The molecule has 0 spiro atoms. The number of fused-ring (bicyclic) bond motifs is 1. The molecule has 2 aromatic rings. The Balaban J connectivity index is 2.43. The molecule has 0 radical (unpaired) electrons. The fourth-order valence-corrected chi connectivity index (χ4v) is 3.26. The molecule has 2 nitrogen and oxygen atoms in total. The van der Waals surface area contributed by atoms with E-state index in [1.165, 1.54) is 0 Å². The van der Waals surface area contributed by atoms with Crippen LogP contribution in [0.2, 0.25) is 10.0 Å². The van der Waals surface area contributed by atoms with Gasteiger partial charge in [0.05, 0.1) is 16.1 Å². The molecule has 0 saturated carbocycles. The van der Waals surface area contributed by atoms with Crippen LogP contribution in [0.1, 0.15) is 44.9 Å². The standard InChI is InChI=1S/C15H18BrCl2NO/c1-3-5-12(19-6-4-2)13-7-9-14(18)10(16)8-11(17)15(9)20-13/h7-8,12,19H,3-6H2,1-2H3. The van der Waals surface area contributed by atoms with Gasteiger partial charge in [-0.3, -0.25) is 0 Å². The Morgan fingerprint density at radius 1 is 1.25 bits per heavy atom. The van der Waals surface area contributed by atoms with Gasteiger partial charge in [0.2, 0.25) is 0 Å². The van der Waals surface area contributed by atoms with Crippen molar-refractivity contribution in [1.29, 1.82) is 0 Å². The Hall–Kier alpha value is -0.220. The third-order valence-electron chi connectivity index (χ3n) is 3.23. The van der Waals surface area contributed by atoms with Crippen molar-refractivity contribution in [2.45, 2.75) is 39.2 Å². The van der Waals surface area contributed by atoms with Crippen LogP contribution in [0.25, 0.3) is 11.0 Å². The highest BCUT2D eigenvalue weighted by Crippen LogP contribution is 2.39. The van der Waals surface area contributed by atoms with E-state index in [4.69, 9.17) is 27.6 Å². The van der Waals surface area contributed by atoms with Crippen molar-refractivity contribution in [2.24, 2.45) is 0 Å². The van der Waals surface area contributed by atoms with Crippen molar-refractivity contribution in [1.82, 2.24) is 5.32 Å². The number of rotatable bonds is 6. The van der Waals surface area contributed by atoms with Crippen LogP contribution in [-0.2, 0) is 0 Å². The average molecular weight is 379 g/mol. The summed E-state index contributed by atoms with van der Waals surface area (Å²) in [5, 5.41) is 5.59. The molecule has 0 fully saturated rings. The van der Waals surface area contributed by atoms with Crippen LogP contribution in [0.15, 0.2) is 21.0 Å². The first-order valence-electron chi connectivity index (χ1n) is 6.88. The summed E-state index contributed by atoms with van der Waals surface area (Å²) in [5.41, 5.74) is 0.661. The molecule has 1 heterocycles. The van der Waals surface area contributed by atoms with Crippen LogP contribution >= 0.6 is 39.1 Å². The van der Waals surface area contributed by atoms with E-state index in [2.05, 4.69) is 35.1 Å². The molecular weight excluding hydrogens is 361 g/mol. The number of hydrogen-bond donors (Lipinski definition) is 1. The third-order valence-corrected chi connectivity index (χ3v) is 4.77. The van der Waals surface area contributed by atoms with E-state index in [0.717, 1.165) is 41.4 Å². The Morgan fingerprint density at radius 3 is 2.65 bits per heavy atom. The lowest BCUT2D eigenvalue weighted by Crippen LogP contribution is -2.21. The summed E-state index contributed by atoms with van der Waals surface area (Å²) >= 11 is 16.0. The molecule has 0 bridgehead atoms. The molecule has 0 aliphatic rings. The Labute approximate surface area is 137 Å². The van der Waals surface area contributed by atoms with Gasteiger partial charge < -0.3 is 9.73 Å². The molecule has 110 valence electrons. The molecule has 1 atom stereocenters. The van der Waals surface area contributed by atoms with Crippen molar-refractivity contribution in [2.75, 3.05) is 6.54 Å². The Kier molecular flexibility index (Phi) is 5.79. The maximum absolute atomic E-state index is 6.31. The van der Waals surface area contributed by atoms with Gasteiger partial charge >= 0.3 is 0 Å². The normalized spacial score (nSPS) is 13.1. The van der Waals surface area contributed by atoms with Crippen LogP contribution in [0, 0.1) is 0 Å². The smallest absolute Gasteiger partial charge is 0.154 e. The molecule has 1 aromatic carbocycles. The van der Waals surface area contributed by atoms with Crippen molar-refractivity contribution in [3.8, 4) is 0 Å². The van der Waals surface area contributed by atoms with Crippen LogP contribution in [-0.4, -0.2) is 6.54 Å². The molecule has 2 rings (SSSR count). The molecule has 0 aliphatic carbocycles. The molecule has 0 amide bonds. The highest BCUT2D eigenvalue weighted by atomic mass is 79.9. The van der Waals surface area contributed by atoms with Gasteiger partial charge in [-0.25, -0.2) is 0 Å².